The van der Waals surface area contributed by atoms with Crippen LogP contribution >= 0.6 is 11.8 Å². The maximum Gasteiger partial charge on any atom is 0.234 e. The molecular weight excluding hydrogens is 422 g/mol. The Morgan fingerprint density at radius 1 is 1.29 bits per heavy atom. The van der Waals surface area contributed by atoms with Crippen LogP contribution in [0, 0.1) is 18.6 Å². The molecule has 0 aliphatic carbocycles. The second kappa shape index (κ2) is 10.2. The number of aryl methyl sites for hydroxylation is 1. The molecule has 1 amide bonds. The zero-order valence-corrected chi connectivity index (χ0v) is 18.0. The van der Waals surface area contributed by atoms with Gasteiger partial charge in [-0.2, -0.15) is 0 Å². The van der Waals surface area contributed by atoms with E-state index in [1.165, 1.54) is 17.8 Å². The highest BCUT2D eigenvalue weighted by Crippen LogP contribution is 2.27. The van der Waals surface area contributed by atoms with E-state index in [4.69, 9.17) is 4.74 Å². The highest BCUT2D eigenvalue weighted by Gasteiger charge is 2.21. The van der Waals surface area contributed by atoms with Crippen molar-refractivity contribution in [3.8, 4) is 5.75 Å². The van der Waals surface area contributed by atoms with Gasteiger partial charge in [0.25, 0.3) is 0 Å². The van der Waals surface area contributed by atoms with Crippen LogP contribution in [0.25, 0.3) is 0 Å². The molecule has 0 spiro atoms. The van der Waals surface area contributed by atoms with Gasteiger partial charge in [0.2, 0.25) is 5.91 Å². The summed E-state index contributed by atoms with van der Waals surface area (Å²) in [5.74, 6) is -1.19. The van der Waals surface area contributed by atoms with Gasteiger partial charge in [-0.05, 0) is 43.7 Å². The maximum atomic E-state index is 13.9. The van der Waals surface area contributed by atoms with Gasteiger partial charge in [-0.1, -0.05) is 30.0 Å². The van der Waals surface area contributed by atoms with Crippen LogP contribution in [-0.2, 0) is 11.3 Å². The number of nitrogens with one attached hydrogen (secondary N) is 1. The normalized spacial score (nSPS) is 11.7. The van der Waals surface area contributed by atoms with Crippen LogP contribution in [0.2, 0.25) is 0 Å². The third kappa shape index (κ3) is 5.91. The first kappa shape index (κ1) is 22.5. The van der Waals surface area contributed by atoms with Crippen molar-refractivity contribution in [1.82, 2.24) is 14.8 Å². The summed E-state index contributed by atoms with van der Waals surface area (Å²) in [6.45, 7) is 7.75. The van der Waals surface area contributed by atoms with Crippen LogP contribution < -0.4 is 10.1 Å². The third-order valence-electron chi connectivity index (χ3n) is 4.25. The molecule has 0 radical (unpaired) electrons. The van der Waals surface area contributed by atoms with Crippen molar-refractivity contribution >= 4 is 23.4 Å². The smallest absolute Gasteiger partial charge is 0.234 e. The van der Waals surface area contributed by atoms with Crippen molar-refractivity contribution in [3.05, 3.63) is 78.1 Å². The third-order valence-corrected chi connectivity index (χ3v) is 5.22. The van der Waals surface area contributed by atoms with Crippen LogP contribution in [0.3, 0.4) is 0 Å². The maximum absolute atomic E-state index is 13.9. The van der Waals surface area contributed by atoms with E-state index in [0.717, 1.165) is 23.4 Å². The number of aromatic nitrogens is 3. The Morgan fingerprint density at radius 2 is 2.10 bits per heavy atom. The molecule has 6 nitrogen and oxygen atoms in total. The molecule has 31 heavy (non-hydrogen) atoms. The largest absolute Gasteiger partial charge is 0.480 e. The number of rotatable bonds is 9. The van der Waals surface area contributed by atoms with E-state index in [0.29, 0.717) is 17.5 Å². The van der Waals surface area contributed by atoms with Crippen LogP contribution in [0.15, 0.2) is 60.3 Å². The minimum Gasteiger partial charge on any atom is -0.480 e. The second-order valence-corrected chi connectivity index (χ2v) is 7.72. The number of benzene rings is 2. The van der Waals surface area contributed by atoms with Gasteiger partial charge < -0.3 is 10.1 Å². The summed E-state index contributed by atoms with van der Waals surface area (Å²) in [5, 5.41) is 11.6. The van der Waals surface area contributed by atoms with E-state index in [9.17, 15) is 13.6 Å². The minimum atomic E-state index is -0.802. The Bertz CT molecular complexity index is 1090. The van der Waals surface area contributed by atoms with Crippen molar-refractivity contribution in [1.29, 1.82) is 0 Å². The molecule has 0 fully saturated rings. The van der Waals surface area contributed by atoms with Crippen LogP contribution in [-0.4, -0.2) is 26.4 Å². The Morgan fingerprint density at radius 3 is 2.81 bits per heavy atom. The topological polar surface area (TPSA) is 69.0 Å². The number of carbonyl (C=O) groups is 1. The number of anilines is 1. The van der Waals surface area contributed by atoms with Gasteiger partial charge in [0.1, 0.15) is 5.82 Å². The minimum absolute atomic E-state index is 0.0891. The molecule has 2 aromatic carbocycles. The fourth-order valence-electron chi connectivity index (χ4n) is 2.87. The summed E-state index contributed by atoms with van der Waals surface area (Å²) < 4.78 is 34.4. The van der Waals surface area contributed by atoms with Crippen molar-refractivity contribution in [3.63, 3.8) is 0 Å². The van der Waals surface area contributed by atoms with E-state index in [1.807, 2.05) is 31.2 Å². The van der Waals surface area contributed by atoms with Crippen molar-refractivity contribution in [2.75, 3.05) is 11.1 Å². The summed E-state index contributed by atoms with van der Waals surface area (Å²) in [7, 11) is 0. The SMILES string of the molecule is C=CCn1c(SCC(=O)Nc2cccc(C)c2)nnc1C(C)Oc1ccc(F)cc1F. The molecule has 1 aromatic heterocycles. The number of halogens is 2. The van der Waals surface area contributed by atoms with Crippen LogP contribution in [0.5, 0.6) is 5.75 Å². The van der Waals surface area contributed by atoms with Gasteiger partial charge in [-0.25, -0.2) is 8.78 Å². The first-order chi connectivity index (χ1) is 14.9. The number of carbonyl (C=O) groups excluding carboxylic acids is 1. The molecule has 1 N–H and O–H groups in total. The molecule has 162 valence electrons. The lowest BCUT2D eigenvalue weighted by Crippen LogP contribution is -2.15. The van der Waals surface area contributed by atoms with Crippen molar-refractivity contribution < 1.29 is 18.3 Å². The second-order valence-electron chi connectivity index (χ2n) is 6.78. The molecule has 0 bridgehead atoms. The van der Waals surface area contributed by atoms with Gasteiger partial charge >= 0.3 is 0 Å². The average Bonchev–Trinajstić information content (AvgIpc) is 3.11. The molecule has 1 atom stereocenters. The monoisotopic (exact) mass is 444 g/mol. The predicted molar refractivity (Wildman–Crippen MR) is 116 cm³/mol. The number of thioether (sulfide) groups is 1. The zero-order chi connectivity index (χ0) is 22.4. The molecule has 0 saturated heterocycles. The molecule has 3 aromatic rings. The summed E-state index contributed by atoms with van der Waals surface area (Å²) in [5.41, 5.74) is 1.77. The average molecular weight is 445 g/mol. The Kier molecular flexibility index (Phi) is 7.41. The van der Waals surface area contributed by atoms with E-state index in [2.05, 4.69) is 22.1 Å². The number of amides is 1. The Balaban J connectivity index is 1.69. The lowest BCUT2D eigenvalue weighted by atomic mass is 10.2. The van der Waals surface area contributed by atoms with Crippen molar-refractivity contribution in [2.24, 2.45) is 0 Å². The van der Waals surface area contributed by atoms with Gasteiger partial charge in [0.15, 0.2) is 28.7 Å². The van der Waals surface area contributed by atoms with Gasteiger partial charge in [0, 0.05) is 18.3 Å². The fourth-order valence-corrected chi connectivity index (χ4v) is 3.63. The fraction of sp³-hybridized carbons (Fsp3) is 0.227. The molecule has 1 unspecified atom stereocenters. The van der Waals surface area contributed by atoms with Gasteiger partial charge in [0.05, 0.1) is 5.75 Å². The Labute approximate surface area is 183 Å². The molecule has 3 rings (SSSR count). The summed E-state index contributed by atoms with van der Waals surface area (Å²) >= 11 is 1.22. The molecule has 0 aliphatic heterocycles. The van der Waals surface area contributed by atoms with E-state index >= 15 is 0 Å². The first-order valence-corrected chi connectivity index (χ1v) is 10.5. The molecular formula is C22H22F2N4O2S. The highest BCUT2D eigenvalue weighted by molar-refractivity contribution is 7.99. The summed E-state index contributed by atoms with van der Waals surface area (Å²) in [6, 6.07) is 10.6. The van der Waals surface area contributed by atoms with Crippen LogP contribution in [0.4, 0.5) is 14.5 Å². The number of hydrogen-bond donors (Lipinski definition) is 1. The van der Waals surface area contributed by atoms with E-state index < -0.39 is 17.7 Å². The lowest BCUT2D eigenvalue weighted by Gasteiger charge is -2.16. The summed E-state index contributed by atoms with van der Waals surface area (Å²) in [6.07, 6.45) is 0.998. The molecule has 1 heterocycles. The van der Waals surface area contributed by atoms with E-state index in [-0.39, 0.29) is 17.4 Å². The molecule has 0 saturated carbocycles. The van der Waals surface area contributed by atoms with Crippen molar-refractivity contribution in [2.45, 2.75) is 31.7 Å². The Hall–Kier alpha value is -3.20. The standard InChI is InChI=1S/C22H22F2N4O2S/c1-4-10-28-21(15(3)30-19-9-8-16(23)12-18(19)24)26-27-22(28)31-13-20(29)25-17-7-5-6-14(2)11-17/h4-9,11-12,15H,1,10,13H2,2-3H3,(H,25,29). The molecule has 0 aliphatic rings. The number of ether oxygens (including phenoxy) is 1. The number of allylic oxidation sites excluding steroid dienone is 1. The predicted octanol–water partition coefficient (Wildman–Crippen LogP) is 4.92. The zero-order valence-electron chi connectivity index (χ0n) is 17.1. The summed E-state index contributed by atoms with van der Waals surface area (Å²) in [4.78, 5) is 12.3. The van der Waals surface area contributed by atoms with E-state index in [1.54, 1.807) is 17.6 Å². The lowest BCUT2D eigenvalue weighted by molar-refractivity contribution is -0.113. The highest BCUT2D eigenvalue weighted by atomic mass is 32.2. The van der Waals surface area contributed by atoms with Crippen LogP contribution in [0.1, 0.15) is 24.4 Å². The van der Waals surface area contributed by atoms with Gasteiger partial charge in [-0.3, -0.25) is 9.36 Å². The molecule has 9 heteroatoms. The van der Waals surface area contributed by atoms with Gasteiger partial charge in [-0.15, -0.1) is 16.8 Å². The quantitative estimate of drug-likeness (QED) is 0.375. The number of nitrogens with zero attached hydrogens (tertiary/aromatic N) is 3. The first-order valence-electron chi connectivity index (χ1n) is 9.52. The number of hydrogen-bond acceptors (Lipinski definition) is 5.